The summed E-state index contributed by atoms with van der Waals surface area (Å²) in [4.78, 5) is 11.7. The Morgan fingerprint density at radius 2 is 2.12 bits per heavy atom. The monoisotopic (exact) mass is 243 g/mol. The summed E-state index contributed by atoms with van der Waals surface area (Å²) in [5.74, 6) is 0.441. The van der Waals surface area contributed by atoms with E-state index in [-0.39, 0.29) is 12.0 Å². The molecule has 0 amide bonds. The smallest absolute Gasteiger partial charge is 0.325 e. The highest BCUT2D eigenvalue weighted by molar-refractivity contribution is 5.76. The molecule has 0 aromatic rings. The molecular formula is C13H25NO3. The topological polar surface area (TPSA) is 47.6 Å². The Hall–Kier alpha value is -0.610. The Morgan fingerprint density at radius 3 is 2.65 bits per heavy atom. The van der Waals surface area contributed by atoms with E-state index < -0.39 is 0 Å². The minimum atomic E-state index is -0.297. The van der Waals surface area contributed by atoms with E-state index in [1.54, 1.807) is 0 Å². The van der Waals surface area contributed by atoms with Crippen molar-refractivity contribution in [2.45, 2.75) is 52.1 Å². The summed E-state index contributed by atoms with van der Waals surface area (Å²) in [6.45, 7) is 7.70. The number of carbonyl (C=O) groups excluding carboxylic acids is 1. The molecule has 0 aromatic heterocycles. The molecule has 1 aliphatic carbocycles. The van der Waals surface area contributed by atoms with Crippen molar-refractivity contribution in [3.63, 3.8) is 0 Å². The zero-order chi connectivity index (χ0) is 12.7. The van der Waals surface area contributed by atoms with Crippen LogP contribution in [0, 0.1) is 5.92 Å². The maximum absolute atomic E-state index is 11.7. The summed E-state index contributed by atoms with van der Waals surface area (Å²) < 4.78 is 10.6. The van der Waals surface area contributed by atoms with Gasteiger partial charge in [0.1, 0.15) is 6.04 Å². The van der Waals surface area contributed by atoms with Crippen LogP contribution in [0.4, 0.5) is 0 Å². The lowest BCUT2D eigenvalue weighted by Crippen LogP contribution is -2.43. The lowest BCUT2D eigenvalue weighted by molar-refractivity contribution is -0.147. The quantitative estimate of drug-likeness (QED) is 0.495. The summed E-state index contributed by atoms with van der Waals surface area (Å²) in [6.07, 6.45) is 3.34. The van der Waals surface area contributed by atoms with Crippen LogP contribution >= 0.6 is 0 Å². The van der Waals surface area contributed by atoms with Crippen molar-refractivity contribution in [3.8, 4) is 0 Å². The number of nitrogens with one attached hydrogen (secondary N) is 1. The van der Waals surface area contributed by atoms with Crippen molar-refractivity contribution in [1.82, 2.24) is 5.32 Å². The first-order chi connectivity index (χ1) is 8.13. The van der Waals surface area contributed by atoms with E-state index in [9.17, 15) is 4.79 Å². The van der Waals surface area contributed by atoms with E-state index in [1.165, 1.54) is 0 Å². The predicted molar refractivity (Wildman–Crippen MR) is 66.9 cm³/mol. The second-order valence-corrected chi connectivity index (χ2v) is 5.00. The van der Waals surface area contributed by atoms with Gasteiger partial charge in [0.25, 0.3) is 0 Å². The maximum atomic E-state index is 11.7. The second-order valence-electron chi connectivity index (χ2n) is 5.00. The van der Waals surface area contributed by atoms with E-state index in [0.29, 0.717) is 31.8 Å². The summed E-state index contributed by atoms with van der Waals surface area (Å²) in [5.41, 5.74) is 0. The van der Waals surface area contributed by atoms with Crippen molar-refractivity contribution >= 4 is 5.97 Å². The van der Waals surface area contributed by atoms with Gasteiger partial charge in [-0.2, -0.15) is 0 Å². The van der Waals surface area contributed by atoms with Gasteiger partial charge >= 0.3 is 5.97 Å². The Bertz CT molecular complexity index is 227. The van der Waals surface area contributed by atoms with Crippen LogP contribution in [-0.4, -0.2) is 37.9 Å². The largest absolute Gasteiger partial charge is 0.465 e. The molecule has 1 unspecified atom stereocenters. The van der Waals surface area contributed by atoms with Gasteiger partial charge < -0.3 is 9.47 Å². The third-order valence-corrected chi connectivity index (χ3v) is 2.71. The van der Waals surface area contributed by atoms with Crippen molar-refractivity contribution in [3.05, 3.63) is 0 Å². The van der Waals surface area contributed by atoms with E-state index >= 15 is 0 Å². The first-order valence-electron chi connectivity index (χ1n) is 6.64. The molecular weight excluding hydrogens is 218 g/mol. The molecule has 1 rings (SSSR count). The molecule has 0 saturated heterocycles. The van der Waals surface area contributed by atoms with Gasteiger partial charge in [0.15, 0.2) is 0 Å². The van der Waals surface area contributed by atoms with Gasteiger partial charge in [0.2, 0.25) is 0 Å². The van der Waals surface area contributed by atoms with Gasteiger partial charge in [-0.15, -0.1) is 0 Å². The van der Waals surface area contributed by atoms with Gasteiger partial charge in [0.05, 0.1) is 13.2 Å². The average molecular weight is 243 g/mol. The predicted octanol–water partition coefficient (Wildman–Crippen LogP) is 1.73. The van der Waals surface area contributed by atoms with Crippen LogP contribution in [0.2, 0.25) is 0 Å². The zero-order valence-electron chi connectivity index (χ0n) is 11.2. The van der Waals surface area contributed by atoms with Crippen LogP contribution in [0.3, 0.4) is 0 Å². The molecule has 1 atom stereocenters. The Kier molecular flexibility index (Phi) is 6.52. The summed E-state index contributed by atoms with van der Waals surface area (Å²) in [6, 6.07) is 0.188. The highest BCUT2D eigenvalue weighted by atomic mass is 16.5. The van der Waals surface area contributed by atoms with Crippen LogP contribution in [-0.2, 0) is 14.3 Å². The molecule has 0 aromatic carbocycles. The van der Waals surface area contributed by atoms with Crippen LogP contribution < -0.4 is 5.32 Å². The van der Waals surface area contributed by atoms with Crippen LogP contribution in [0.5, 0.6) is 0 Å². The zero-order valence-corrected chi connectivity index (χ0v) is 11.2. The van der Waals surface area contributed by atoms with E-state index in [2.05, 4.69) is 19.2 Å². The molecule has 0 bridgehead atoms. The maximum Gasteiger partial charge on any atom is 0.325 e. The first-order valence-corrected chi connectivity index (χ1v) is 6.64. The molecule has 4 nitrogen and oxygen atoms in total. The lowest BCUT2D eigenvalue weighted by atomic mass is 10.1. The second kappa shape index (κ2) is 7.67. The molecule has 17 heavy (non-hydrogen) atoms. The molecule has 1 saturated carbocycles. The third-order valence-electron chi connectivity index (χ3n) is 2.71. The van der Waals surface area contributed by atoms with Gasteiger partial charge in [-0.05, 0) is 32.1 Å². The number of hydrogen-bond donors (Lipinski definition) is 1. The van der Waals surface area contributed by atoms with E-state index in [0.717, 1.165) is 19.3 Å². The van der Waals surface area contributed by atoms with Gasteiger partial charge in [0, 0.05) is 12.6 Å². The molecule has 0 heterocycles. The fourth-order valence-electron chi connectivity index (χ4n) is 1.48. The highest BCUT2D eigenvalue weighted by Gasteiger charge is 2.29. The van der Waals surface area contributed by atoms with Crippen LogP contribution in [0.25, 0.3) is 0 Å². The number of rotatable bonds is 9. The lowest BCUT2D eigenvalue weighted by Gasteiger charge is -2.17. The minimum absolute atomic E-state index is 0.191. The summed E-state index contributed by atoms with van der Waals surface area (Å²) in [5, 5.41) is 3.26. The SMILES string of the molecule is CCOC(=O)C(COCCC(C)C)NC1CC1. The fraction of sp³-hybridized carbons (Fsp3) is 0.923. The van der Waals surface area contributed by atoms with Crippen molar-refractivity contribution in [1.29, 1.82) is 0 Å². The highest BCUT2D eigenvalue weighted by Crippen LogP contribution is 2.19. The third kappa shape index (κ3) is 6.64. The van der Waals surface area contributed by atoms with E-state index in [4.69, 9.17) is 9.47 Å². The molecule has 100 valence electrons. The van der Waals surface area contributed by atoms with Gasteiger partial charge in [-0.25, -0.2) is 0 Å². The standard InChI is InChI=1S/C13H25NO3/c1-4-17-13(15)12(14-11-5-6-11)9-16-8-7-10(2)3/h10-12,14H,4-9H2,1-3H3. The number of ether oxygens (including phenoxy) is 2. The van der Waals surface area contributed by atoms with Crippen molar-refractivity contribution in [2.75, 3.05) is 19.8 Å². The Morgan fingerprint density at radius 1 is 1.41 bits per heavy atom. The van der Waals surface area contributed by atoms with Crippen molar-refractivity contribution in [2.24, 2.45) is 5.92 Å². The molecule has 1 fully saturated rings. The van der Waals surface area contributed by atoms with Crippen molar-refractivity contribution < 1.29 is 14.3 Å². The van der Waals surface area contributed by atoms with Gasteiger partial charge in [-0.3, -0.25) is 10.1 Å². The molecule has 4 heteroatoms. The van der Waals surface area contributed by atoms with E-state index in [1.807, 2.05) is 6.92 Å². The molecule has 1 N–H and O–H groups in total. The fourth-order valence-corrected chi connectivity index (χ4v) is 1.48. The molecule has 0 spiro atoms. The molecule has 0 radical (unpaired) electrons. The molecule has 1 aliphatic rings. The normalized spacial score (nSPS) is 17.2. The number of esters is 1. The van der Waals surface area contributed by atoms with Crippen LogP contribution in [0.1, 0.15) is 40.0 Å². The minimum Gasteiger partial charge on any atom is -0.465 e. The van der Waals surface area contributed by atoms with Crippen LogP contribution in [0.15, 0.2) is 0 Å². The van der Waals surface area contributed by atoms with Gasteiger partial charge in [-0.1, -0.05) is 13.8 Å². The summed E-state index contributed by atoms with van der Waals surface area (Å²) >= 11 is 0. The average Bonchev–Trinajstić information content (AvgIpc) is 3.06. The molecule has 0 aliphatic heterocycles. The number of hydrogen-bond acceptors (Lipinski definition) is 4. The summed E-state index contributed by atoms with van der Waals surface area (Å²) in [7, 11) is 0. The number of carbonyl (C=O) groups is 1. The Balaban J connectivity index is 2.21. The Labute approximate surface area is 104 Å². The first kappa shape index (κ1) is 14.5.